The van der Waals surface area contributed by atoms with Gasteiger partial charge in [-0.25, -0.2) is 9.97 Å². The Morgan fingerprint density at radius 1 is 1.40 bits per heavy atom. The summed E-state index contributed by atoms with van der Waals surface area (Å²) >= 11 is 0. The molecule has 0 spiro atoms. The van der Waals surface area contributed by atoms with E-state index >= 15 is 0 Å². The molecule has 1 fully saturated rings. The molecule has 1 aliphatic heterocycles. The monoisotopic (exact) mass is 277 g/mol. The van der Waals surface area contributed by atoms with E-state index in [1.165, 1.54) is 18.4 Å². The molecule has 0 aromatic carbocycles. The fourth-order valence-electron chi connectivity index (χ4n) is 3.07. The minimum absolute atomic E-state index is 0.570. The summed E-state index contributed by atoms with van der Waals surface area (Å²) in [6, 6.07) is 0.570. The number of hydrogen-bond acceptors (Lipinski definition) is 5. The Labute approximate surface area is 122 Å². The Morgan fingerprint density at radius 2 is 2.20 bits per heavy atom. The van der Waals surface area contributed by atoms with E-state index in [9.17, 15) is 0 Å². The molecular formula is C15H27N5. The average molecular weight is 277 g/mol. The lowest BCUT2D eigenvalue weighted by molar-refractivity contribution is 0.371. The van der Waals surface area contributed by atoms with Gasteiger partial charge in [0.15, 0.2) is 0 Å². The van der Waals surface area contributed by atoms with Gasteiger partial charge in [-0.2, -0.15) is 0 Å². The molecule has 0 saturated carbocycles. The number of nitrogens with one attached hydrogen (secondary N) is 1. The molecule has 20 heavy (non-hydrogen) atoms. The van der Waals surface area contributed by atoms with Crippen molar-refractivity contribution in [2.24, 2.45) is 0 Å². The van der Waals surface area contributed by atoms with E-state index in [-0.39, 0.29) is 0 Å². The normalized spacial score (nSPS) is 18.9. The first-order chi connectivity index (χ1) is 9.67. The van der Waals surface area contributed by atoms with E-state index in [1.54, 1.807) is 6.33 Å². The van der Waals surface area contributed by atoms with Crippen molar-refractivity contribution >= 4 is 11.6 Å². The minimum atomic E-state index is 0.570. The van der Waals surface area contributed by atoms with E-state index in [1.807, 2.05) is 7.05 Å². The third kappa shape index (κ3) is 3.20. The molecule has 1 aromatic heterocycles. The highest BCUT2D eigenvalue weighted by atomic mass is 15.3. The van der Waals surface area contributed by atoms with Crippen molar-refractivity contribution in [3.8, 4) is 0 Å². The fourth-order valence-corrected chi connectivity index (χ4v) is 3.07. The van der Waals surface area contributed by atoms with Gasteiger partial charge in [0, 0.05) is 31.7 Å². The number of anilines is 2. The van der Waals surface area contributed by atoms with Crippen LogP contribution >= 0.6 is 0 Å². The van der Waals surface area contributed by atoms with Gasteiger partial charge in [-0.3, -0.25) is 0 Å². The molecule has 1 unspecified atom stereocenters. The Hall–Kier alpha value is -1.36. The number of aromatic nitrogens is 2. The standard InChI is InChI=1S/C15H27N5/c1-5-7-13-14(16-2)17-11-18-15(13)20-9-6-8-12(20)10-19(3)4/h11-12H,5-10H2,1-4H3,(H,16,17,18). The van der Waals surface area contributed by atoms with Gasteiger partial charge in [0.1, 0.15) is 18.0 Å². The molecule has 1 atom stereocenters. The Kier molecular flexibility index (Phi) is 5.17. The van der Waals surface area contributed by atoms with Crippen LogP contribution in [-0.2, 0) is 6.42 Å². The first-order valence-electron chi connectivity index (χ1n) is 7.60. The van der Waals surface area contributed by atoms with Crippen LogP contribution in [0.5, 0.6) is 0 Å². The van der Waals surface area contributed by atoms with Crippen molar-refractivity contribution in [1.82, 2.24) is 14.9 Å². The maximum Gasteiger partial charge on any atom is 0.137 e. The van der Waals surface area contributed by atoms with Crippen molar-refractivity contribution in [2.45, 2.75) is 38.6 Å². The molecule has 112 valence electrons. The number of rotatable bonds is 6. The summed E-state index contributed by atoms with van der Waals surface area (Å²) in [7, 11) is 6.22. The molecule has 2 rings (SSSR count). The van der Waals surface area contributed by atoms with E-state index < -0.39 is 0 Å². The average Bonchev–Trinajstić information content (AvgIpc) is 2.86. The van der Waals surface area contributed by atoms with Gasteiger partial charge in [-0.1, -0.05) is 13.3 Å². The Morgan fingerprint density at radius 3 is 2.85 bits per heavy atom. The predicted molar refractivity (Wildman–Crippen MR) is 84.5 cm³/mol. The van der Waals surface area contributed by atoms with Crippen LogP contribution in [0.1, 0.15) is 31.7 Å². The fraction of sp³-hybridized carbons (Fsp3) is 0.733. The van der Waals surface area contributed by atoms with E-state index in [2.05, 4.69) is 46.1 Å². The zero-order chi connectivity index (χ0) is 14.5. The summed E-state index contributed by atoms with van der Waals surface area (Å²) in [5.41, 5.74) is 1.27. The lowest BCUT2D eigenvalue weighted by Gasteiger charge is -2.30. The summed E-state index contributed by atoms with van der Waals surface area (Å²) in [5, 5.41) is 3.21. The maximum absolute atomic E-state index is 4.60. The van der Waals surface area contributed by atoms with Crippen LogP contribution in [0.4, 0.5) is 11.6 Å². The summed E-state index contributed by atoms with van der Waals surface area (Å²) < 4.78 is 0. The molecule has 0 bridgehead atoms. The smallest absolute Gasteiger partial charge is 0.137 e. The van der Waals surface area contributed by atoms with Crippen molar-refractivity contribution in [3.05, 3.63) is 11.9 Å². The first-order valence-corrected chi connectivity index (χ1v) is 7.60. The van der Waals surface area contributed by atoms with Crippen molar-refractivity contribution < 1.29 is 0 Å². The third-order valence-corrected chi connectivity index (χ3v) is 3.88. The molecule has 2 heterocycles. The summed E-state index contributed by atoms with van der Waals surface area (Å²) in [5.74, 6) is 2.11. The van der Waals surface area contributed by atoms with E-state index in [4.69, 9.17) is 0 Å². The van der Waals surface area contributed by atoms with Crippen LogP contribution < -0.4 is 10.2 Å². The van der Waals surface area contributed by atoms with E-state index in [0.29, 0.717) is 6.04 Å². The molecule has 0 amide bonds. The second-order valence-corrected chi connectivity index (χ2v) is 5.78. The van der Waals surface area contributed by atoms with Gasteiger partial charge < -0.3 is 15.1 Å². The SMILES string of the molecule is CCCc1c(NC)ncnc1N1CCCC1CN(C)C. The molecule has 1 N–H and O–H groups in total. The van der Waals surface area contributed by atoms with Gasteiger partial charge in [-0.15, -0.1) is 0 Å². The zero-order valence-corrected chi connectivity index (χ0v) is 13.2. The minimum Gasteiger partial charge on any atom is -0.373 e. The van der Waals surface area contributed by atoms with Crippen LogP contribution in [-0.4, -0.2) is 55.1 Å². The van der Waals surface area contributed by atoms with Gasteiger partial charge >= 0.3 is 0 Å². The first kappa shape index (κ1) is 15.0. The lowest BCUT2D eigenvalue weighted by Crippen LogP contribution is -2.38. The molecule has 5 nitrogen and oxygen atoms in total. The number of hydrogen-bond donors (Lipinski definition) is 1. The topological polar surface area (TPSA) is 44.3 Å². The Balaban J connectivity index is 2.30. The highest BCUT2D eigenvalue weighted by molar-refractivity contribution is 5.59. The predicted octanol–water partition coefficient (Wildman–Crippen LogP) is 2.00. The lowest BCUT2D eigenvalue weighted by atomic mass is 10.1. The molecule has 0 aliphatic carbocycles. The van der Waals surface area contributed by atoms with Crippen LogP contribution in [0.15, 0.2) is 6.33 Å². The van der Waals surface area contributed by atoms with Crippen LogP contribution in [0.25, 0.3) is 0 Å². The second kappa shape index (κ2) is 6.88. The highest BCUT2D eigenvalue weighted by Gasteiger charge is 2.28. The van der Waals surface area contributed by atoms with Crippen LogP contribution in [0.3, 0.4) is 0 Å². The summed E-state index contributed by atoms with van der Waals surface area (Å²) in [6.45, 7) is 4.40. The summed E-state index contributed by atoms with van der Waals surface area (Å²) in [4.78, 5) is 13.7. The van der Waals surface area contributed by atoms with Gasteiger partial charge in [0.05, 0.1) is 0 Å². The highest BCUT2D eigenvalue weighted by Crippen LogP contribution is 2.30. The largest absolute Gasteiger partial charge is 0.373 e. The molecular weight excluding hydrogens is 250 g/mol. The molecule has 1 aromatic rings. The van der Waals surface area contributed by atoms with Crippen molar-refractivity contribution in [1.29, 1.82) is 0 Å². The van der Waals surface area contributed by atoms with Crippen molar-refractivity contribution in [2.75, 3.05) is 44.4 Å². The van der Waals surface area contributed by atoms with E-state index in [0.717, 1.165) is 37.6 Å². The molecule has 5 heteroatoms. The van der Waals surface area contributed by atoms with Gasteiger partial charge in [0.2, 0.25) is 0 Å². The maximum atomic E-state index is 4.60. The van der Waals surface area contributed by atoms with Crippen LogP contribution in [0.2, 0.25) is 0 Å². The van der Waals surface area contributed by atoms with Crippen molar-refractivity contribution in [3.63, 3.8) is 0 Å². The van der Waals surface area contributed by atoms with Gasteiger partial charge in [0.25, 0.3) is 0 Å². The zero-order valence-electron chi connectivity index (χ0n) is 13.2. The third-order valence-electron chi connectivity index (χ3n) is 3.88. The Bertz CT molecular complexity index is 432. The molecule has 1 saturated heterocycles. The molecule has 1 aliphatic rings. The summed E-state index contributed by atoms with van der Waals surface area (Å²) in [6.07, 6.45) is 6.33. The van der Waals surface area contributed by atoms with Gasteiger partial charge in [-0.05, 0) is 33.4 Å². The number of nitrogens with zero attached hydrogens (tertiary/aromatic N) is 4. The number of likely N-dealkylation sites (N-methyl/N-ethyl adjacent to an activating group) is 1. The van der Waals surface area contributed by atoms with Crippen LogP contribution in [0, 0.1) is 0 Å². The second-order valence-electron chi connectivity index (χ2n) is 5.78. The quantitative estimate of drug-likeness (QED) is 0.861. The molecule has 0 radical (unpaired) electrons.